The molecule has 0 aliphatic heterocycles. The van der Waals surface area contributed by atoms with Gasteiger partial charge in [0.15, 0.2) is 5.76 Å². The zero-order valence-corrected chi connectivity index (χ0v) is 11.8. The number of aliphatic hydroxyl groups excluding tert-OH is 1. The minimum Gasteiger partial charge on any atom is -0.503 e. The number of hydrogen-bond acceptors (Lipinski definition) is 4. The van der Waals surface area contributed by atoms with Gasteiger partial charge in [-0.1, -0.05) is 30.3 Å². The number of likely N-dealkylation sites (N-methyl/N-ethyl adjacent to an activating group) is 1. The number of hydrogen-bond donors (Lipinski definition) is 2. The Morgan fingerprint density at radius 3 is 2.71 bits per heavy atom. The second-order valence-corrected chi connectivity index (χ2v) is 4.53. The van der Waals surface area contributed by atoms with Crippen LogP contribution in [0.25, 0.3) is 6.08 Å². The normalized spacial score (nSPS) is 11.2. The van der Waals surface area contributed by atoms with E-state index in [9.17, 15) is 9.90 Å². The number of aliphatic hydroxyl groups is 1. The topological polar surface area (TPSA) is 75.1 Å². The second kappa shape index (κ2) is 7.19. The average Bonchev–Trinajstić information content (AvgIpc) is 2.53. The van der Waals surface area contributed by atoms with Gasteiger partial charge in [-0.3, -0.25) is 4.79 Å². The lowest BCUT2D eigenvalue weighted by Crippen LogP contribution is -2.19. The van der Waals surface area contributed by atoms with E-state index >= 15 is 0 Å². The number of nitrogens with zero attached hydrogens (tertiary/aromatic N) is 2. The van der Waals surface area contributed by atoms with Gasteiger partial charge in [-0.15, -0.1) is 0 Å². The molecule has 2 rings (SSSR count). The molecule has 21 heavy (non-hydrogen) atoms. The summed E-state index contributed by atoms with van der Waals surface area (Å²) in [5.41, 5.74) is 2.61. The molecule has 1 aromatic carbocycles. The Morgan fingerprint density at radius 1 is 1.24 bits per heavy atom. The van der Waals surface area contributed by atoms with E-state index in [-0.39, 0.29) is 5.76 Å². The summed E-state index contributed by atoms with van der Waals surface area (Å²) in [6, 6.07) is 11.9. The highest BCUT2D eigenvalue weighted by atomic mass is 16.3. The minimum absolute atomic E-state index is 0.370. The molecule has 2 N–H and O–H groups in total. The van der Waals surface area contributed by atoms with Crippen molar-refractivity contribution in [3.05, 3.63) is 65.4 Å². The lowest BCUT2D eigenvalue weighted by atomic mass is 10.1. The number of carbonyl (C=O) groups is 1. The van der Waals surface area contributed by atoms with Crippen LogP contribution in [-0.4, -0.2) is 28.0 Å². The highest BCUT2D eigenvalue weighted by molar-refractivity contribution is 5.94. The van der Waals surface area contributed by atoms with E-state index in [1.54, 1.807) is 6.07 Å². The first-order valence-electron chi connectivity index (χ1n) is 6.66. The lowest BCUT2D eigenvalue weighted by Gasteiger charge is -2.03. The van der Waals surface area contributed by atoms with E-state index in [1.165, 1.54) is 25.0 Å². The first kappa shape index (κ1) is 14.7. The maximum atomic E-state index is 11.2. The minimum atomic E-state index is -0.542. The van der Waals surface area contributed by atoms with Crippen molar-refractivity contribution in [2.75, 3.05) is 7.05 Å². The molecule has 2 aromatic rings. The first-order chi connectivity index (χ1) is 10.2. The van der Waals surface area contributed by atoms with Crippen LogP contribution in [0, 0.1) is 0 Å². The number of benzene rings is 1. The van der Waals surface area contributed by atoms with Crippen molar-refractivity contribution in [1.29, 1.82) is 0 Å². The molecule has 0 saturated heterocycles. The van der Waals surface area contributed by atoms with Crippen molar-refractivity contribution in [1.82, 2.24) is 15.3 Å². The van der Waals surface area contributed by atoms with Gasteiger partial charge >= 0.3 is 0 Å². The standard InChI is InChI=1S/C16H17N3O2/c1-17-16(21)15(20)10-14-9-13(18-11-19-14)8-7-12-5-3-2-4-6-12/h2-6,9-11,20H,7-8H2,1H3,(H,17,21)/b15-10-. The molecule has 1 heterocycles. The summed E-state index contributed by atoms with van der Waals surface area (Å²) in [6.07, 6.45) is 4.41. The van der Waals surface area contributed by atoms with E-state index < -0.39 is 5.91 Å². The molecular formula is C16H17N3O2. The quantitative estimate of drug-likeness (QED) is 0.649. The number of rotatable bonds is 5. The third-order valence-electron chi connectivity index (χ3n) is 3.00. The second-order valence-electron chi connectivity index (χ2n) is 4.53. The average molecular weight is 283 g/mol. The first-order valence-corrected chi connectivity index (χ1v) is 6.66. The summed E-state index contributed by atoms with van der Waals surface area (Å²) in [7, 11) is 1.46. The Morgan fingerprint density at radius 2 is 2.00 bits per heavy atom. The fourth-order valence-corrected chi connectivity index (χ4v) is 1.88. The highest BCUT2D eigenvalue weighted by Crippen LogP contribution is 2.08. The molecule has 0 atom stereocenters. The van der Waals surface area contributed by atoms with Gasteiger partial charge in [0.2, 0.25) is 0 Å². The molecule has 1 aromatic heterocycles. The van der Waals surface area contributed by atoms with Crippen LogP contribution in [0.5, 0.6) is 0 Å². The largest absolute Gasteiger partial charge is 0.503 e. The van der Waals surface area contributed by atoms with Crippen LogP contribution in [-0.2, 0) is 17.6 Å². The SMILES string of the molecule is CNC(=O)/C(O)=C/c1cc(CCc2ccccc2)ncn1. The van der Waals surface area contributed by atoms with Crippen molar-refractivity contribution >= 4 is 12.0 Å². The van der Waals surface area contributed by atoms with E-state index in [1.807, 2.05) is 18.2 Å². The highest BCUT2D eigenvalue weighted by Gasteiger charge is 2.05. The van der Waals surface area contributed by atoms with Crippen molar-refractivity contribution in [2.24, 2.45) is 0 Å². The maximum Gasteiger partial charge on any atom is 0.285 e. The van der Waals surface area contributed by atoms with Gasteiger partial charge in [0.1, 0.15) is 6.33 Å². The molecule has 0 radical (unpaired) electrons. The zero-order valence-electron chi connectivity index (χ0n) is 11.8. The summed E-state index contributed by atoms with van der Waals surface area (Å²) in [6.45, 7) is 0. The van der Waals surface area contributed by atoms with Crippen LogP contribution in [0.15, 0.2) is 48.5 Å². The third kappa shape index (κ3) is 4.42. The van der Waals surface area contributed by atoms with Crippen LogP contribution in [0.3, 0.4) is 0 Å². The smallest absolute Gasteiger partial charge is 0.285 e. The van der Waals surface area contributed by atoms with Crippen molar-refractivity contribution < 1.29 is 9.90 Å². The Hall–Kier alpha value is -2.69. The molecule has 0 unspecified atom stereocenters. The van der Waals surface area contributed by atoms with Crippen LogP contribution < -0.4 is 5.32 Å². The number of carbonyl (C=O) groups excluding carboxylic acids is 1. The van der Waals surface area contributed by atoms with E-state index in [0.29, 0.717) is 5.69 Å². The van der Waals surface area contributed by atoms with Crippen molar-refractivity contribution in [3.63, 3.8) is 0 Å². The van der Waals surface area contributed by atoms with Crippen molar-refractivity contribution in [2.45, 2.75) is 12.8 Å². The lowest BCUT2D eigenvalue weighted by molar-refractivity contribution is -0.119. The number of aryl methyl sites for hydroxylation is 2. The Bertz CT molecular complexity index is 639. The summed E-state index contributed by atoms with van der Waals surface area (Å²) in [5, 5.41) is 11.9. The van der Waals surface area contributed by atoms with Crippen LogP contribution in [0.2, 0.25) is 0 Å². The van der Waals surface area contributed by atoms with E-state index in [4.69, 9.17) is 0 Å². The molecule has 1 amide bonds. The third-order valence-corrected chi connectivity index (χ3v) is 3.00. The number of aromatic nitrogens is 2. The van der Waals surface area contributed by atoms with Gasteiger partial charge in [0, 0.05) is 18.8 Å². The summed E-state index contributed by atoms with van der Waals surface area (Å²) in [5.74, 6) is -0.912. The number of amides is 1. The Labute approximate surface area is 123 Å². The molecule has 0 spiro atoms. The molecular weight excluding hydrogens is 266 g/mol. The summed E-state index contributed by atoms with van der Waals surface area (Å²) >= 11 is 0. The predicted octanol–water partition coefficient (Wildman–Crippen LogP) is 1.91. The molecule has 5 heteroatoms. The summed E-state index contributed by atoms with van der Waals surface area (Å²) in [4.78, 5) is 19.5. The van der Waals surface area contributed by atoms with Gasteiger partial charge in [-0.05, 0) is 24.5 Å². The zero-order chi connectivity index (χ0) is 15.1. The van der Waals surface area contributed by atoms with Gasteiger partial charge in [-0.25, -0.2) is 9.97 Å². The van der Waals surface area contributed by atoms with Gasteiger partial charge in [-0.2, -0.15) is 0 Å². The van der Waals surface area contributed by atoms with Crippen molar-refractivity contribution in [3.8, 4) is 0 Å². The van der Waals surface area contributed by atoms with E-state index in [2.05, 4.69) is 27.4 Å². The Kier molecular flexibility index (Phi) is 5.04. The molecule has 0 fully saturated rings. The van der Waals surface area contributed by atoms with Crippen LogP contribution in [0.1, 0.15) is 17.0 Å². The Balaban J connectivity index is 2.06. The van der Waals surface area contributed by atoms with Crippen LogP contribution >= 0.6 is 0 Å². The summed E-state index contributed by atoms with van der Waals surface area (Å²) < 4.78 is 0. The van der Waals surface area contributed by atoms with Gasteiger partial charge in [0.25, 0.3) is 5.91 Å². The molecule has 0 aliphatic rings. The van der Waals surface area contributed by atoms with Gasteiger partial charge < -0.3 is 10.4 Å². The fraction of sp³-hybridized carbons (Fsp3) is 0.188. The number of nitrogens with one attached hydrogen (secondary N) is 1. The molecule has 0 aliphatic carbocycles. The molecule has 5 nitrogen and oxygen atoms in total. The predicted molar refractivity (Wildman–Crippen MR) is 80.6 cm³/mol. The van der Waals surface area contributed by atoms with E-state index in [0.717, 1.165) is 18.5 Å². The van der Waals surface area contributed by atoms with Gasteiger partial charge in [0.05, 0.1) is 5.69 Å². The van der Waals surface area contributed by atoms with Crippen LogP contribution in [0.4, 0.5) is 0 Å². The monoisotopic (exact) mass is 283 g/mol. The molecule has 108 valence electrons. The maximum absolute atomic E-state index is 11.2. The molecule has 0 bridgehead atoms. The molecule has 0 saturated carbocycles. The fourth-order valence-electron chi connectivity index (χ4n) is 1.88.